The third kappa shape index (κ3) is 3.79. The van der Waals surface area contributed by atoms with Crippen molar-refractivity contribution in [3.8, 4) is 11.3 Å². The SMILES string of the molecule is O=C(NC1CCC(n2cc(-c3ccncn3)cn2)CC1)c1cccc2c1NCCC2. The second-order valence-corrected chi connectivity index (χ2v) is 8.15. The molecule has 30 heavy (non-hydrogen) atoms. The minimum Gasteiger partial charge on any atom is -0.384 e. The fourth-order valence-corrected chi connectivity index (χ4v) is 4.58. The zero-order valence-corrected chi connectivity index (χ0v) is 16.9. The van der Waals surface area contributed by atoms with E-state index in [1.807, 2.05) is 29.1 Å². The summed E-state index contributed by atoms with van der Waals surface area (Å²) >= 11 is 0. The van der Waals surface area contributed by atoms with Gasteiger partial charge >= 0.3 is 0 Å². The van der Waals surface area contributed by atoms with Gasteiger partial charge in [-0.15, -0.1) is 0 Å². The Morgan fingerprint density at radius 2 is 2.07 bits per heavy atom. The van der Waals surface area contributed by atoms with Crippen molar-refractivity contribution in [3.05, 3.63) is 60.3 Å². The number of hydrogen-bond donors (Lipinski definition) is 2. The van der Waals surface area contributed by atoms with Crippen molar-refractivity contribution in [3.63, 3.8) is 0 Å². The normalized spacial score (nSPS) is 20.8. The number of anilines is 1. The van der Waals surface area contributed by atoms with Gasteiger partial charge < -0.3 is 10.6 Å². The summed E-state index contributed by atoms with van der Waals surface area (Å²) in [6, 6.07) is 8.50. The van der Waals surface area contributed by atoms with Crippen molar-refractivity contribution in [1.29, 1.82) is 0 Å². The Hall–Kier alpha value is -3.22. The lowest BCUT2D eigenvalue weighted by Crippen LogP contribution is -2.38. The molecule has 2 N–H and O–H groups in total. The minimum absolute atomic E-state index is 0.0369. The number of rotatable bonds is 4. The van der Waals surface area contributed by atoms with Crippen molar-refractivity contribution < 1.29 is 4.79 Å². The van der Waals surface area contributed by atoms with Crippen LogP contribution in [0.15, 0.2) is 49.2 Å². The Bertz CT molecular complexity index is 1020. The van der Waals surface area contributed by atoms with Gasteiger partial charge in [0.2, 0.25) is 0 Å². The Morgan fingerprint density at radius 3 is 2.90 bits per heavy atom. The van der Waals surface area contributed by atoms with Crippen LogP contribution < -0.4 is 10.6 Å². The summed E-state index contributed by atoms with van der Waals surface area (Å²) in [4.78, 5) is 21.2. The molecular formula is C23H26N6O. The molecule has 0 radical (unpaired) electrons. The molecule has 1 saturated carbocycles. The van der Waals surface area contributed by atoms with E-state index in [1.165, 1.54) is 5.56 Å². The van der Waals surface area contributed by atoms with Gasteiger partial charge in [0.1, 0.15) is 6.33 Å². The highest BCUT2D eigenvalue weighted by atomic mass is 16.1. The number of carbonyl (C=O) groups excluding carboxylic acids is 1. The molecule has 2 aromatic heterocycles. The van der Waals surface area contributed by atoms with Crippen molar-refractivity contribution in [2.75, 3.05) is 11.9 Å². The molecule has 1 fully saturated rings. The number of benzene rings is 1. The molecule has 0 unspecified atom stereocenters. The fraction of sp³-hybridized carbons (Fsp3) is 0.391. The summed E-state index contributed by atoms with van der Waals surface area (Å²) in [6.07, 6.45) is 13.3. The first kappa shape index (κ1) is 18.8. The number of nitrogens with zero attached hydrogens (tertiary/aromatic N) is 4. The van der Waals surface area contributed by atoms with E-state index in [4.69, 9.17) is 0 Å². The number of carbonyl (C=O) groups is 1. The van der Waals surface area contributed by atoms with Crippen LogP contribution in [-0.2, 0) is 6.42 Å². The van der Waals surface area contributed by atoms with E-state index in [2.05, 4.69) is 38.0 Å². The first-order valence-corrected chi connectivity index (χ1v) is 10.7. The number of fused-ring (bicyclic) bond motifs is 1. The number of aryl methyl sites for hydroxylation is 1. The van der Waals surface area contributed by atoms with Crippen LogP contribution in [0.5, 0.6) is 0 Å². The zero-order valence-electron chi connectivity index (χ0n) is 16.9. The molecule has 0 bridgehead atoms. The van der Waals surface area contributed by atoms with E-state index in [9.17, 15) is 4.79 Å². The highest BCUT2D eigenvalue weighted by Gasteiger charge is 2.26. The van der Waals surface area contributed by atoms with Crippen LogP contribution in [0.25, 0.3) is 11.3 Å². The molecule has 1 amide bonds. The maximum Gasteiger partial charge on any atom is 0.253 e. The molecule has 0 saturated heterocycles. The molecule has 0 atom stereocenters. The van der Waals surface area contributed by atoms with Crippen LogP contribution in [0.3, 0.4) is 0 Å². The van der Waals surface area contributed by atoms with Crippen LogP contribution in [0, 0.1) is 0 Å². The first-order valence-electron chi connectivity index (χ1n) is 10.7. The van der Waals surface area contributed by atoms with E-state index in [1.54, 1.807) is 12.5 Å². The molecule has 1 aromatic carbocycles. The lowest BCUT2D eigenvalue weighted by Gasteiger charge is -2.30. The van der Waals surface area contributed by atoms with Gasteiger partial charge in [0.25, 0.3) is 5.91 Å². The molecule has 7 nitrogen and oxygen atoms in total. The van der Waals surface area contributed by atoms with Gasteiger partial charge in [-0.2, -0.15) is 5.10 Å². The summed E-state index contributed by atoms with van der Waals surface area (Å²) in [6.45, 7) is 0.934. The van der Waals surface area contributed by atoms with Crippen molar-refractivity contribution in [2.45, 2.75) is 50.6 Å². The highest BCUT2D eigenvalue weighted by Crippen LogP contribution is 2.30. The maximum atomic E-state index is 12.9. The molecule has 154 valence electrons. The van der Waals surface area contributed by atoms with Crippen LogP contribution >= 0.6 is 0 Å². The summed E-state index contributed by atoms with van der Waals surface area (Å²) in [7, 11) is 0. The number of hydrogen-bond acceptors (Lipinski definition) is 5. The lowest BCUT2D eigenvalue weighted by molar-refractivity contribution is 0.0922. The van der Waals surface area contributed by atoms with E-state index in [-0.39, 0.29) is 11.9 Å². The van der Waals surface area contributed by atoms with Gasteiger partial charge in [0.15, 0.2) is 0 Å². The van der Waals surface area contributed by atoms with Crippen molar-refractivity contribution in [1.82, 2.24) is 25.1 Å². The van der Waals surface area contributed by atoms with E-state index >= 15 is 0 Å². The summed E-state index contributed by atoms with van der Waals surface area (Å²) in [5.74, 6) is 0.0369. The predicted molar refractivity (Wildman–Crippen MR) is 115 cm³/mol. The topological polar surface area (TPSA) is 84.7 Å². The molecule has 7 heteroatoms. The molecule has 1 aliphatic carbocycles. The third-order valence-electron chi connectivity index (χ3n) is 6.21. The number of amides is 1. The van der Waals surface area contributed by atoms with Crippen LogP contribution in [-0.4, -0.2) is 38.2 Å². The van der Waals surface area contributed by atoms with Crippen LogP contribution in [0.2, 0.25) is 0 Å². The average Bonchev–Trinajstić information content (AvgIpc) is 3.30. The van der Waals surface area contributed by atoms with Crippen molar-refractivity contribution >= 4 is 11.6 Å². The Labute approximate surface area is 175 Å². The molecule has 5 rings (SSSR count). The number of aromatic nitrogens is 4. The summed E-state index contributed by atoms with van der Waals surface area (Å²) in [5, 5.41) is 11.2. The van der Waals surface area contributed by atoms with E-state index in [0.717, 1.165) is 67.6 Å². The Kier molecular flexibility index (Phi) is 5.17. The quantitative estimate of drug-likeness (QED) is 0.696. The highest BCUT2D eigenvalue weighted by molar-refractivity contribution is 6.00. The Morgan fingerprint density at radius 1 is 1.17 bits per heavy atom. The van der Waals surface area contributed by atoms with Gasteiger partial charge in [-0.05, 0) is 56.2 Å². The maximum absolute atomic E-state index is 12.9. The molecule has 2 aliphatic rings. The van der Waals surface area contributed by atoms with Gasteiger partial charge in [-0.1, -0.05) is 12.1 Å². The second kappa shape index (κ2) is 8.26. The Balaban J connectivity index is 1.20. The minimum atomic E-state index is 0.0369. The van der Waals surface area contributed by atoms with E-state index in [0.29, 0.717) is 6.04 Å². The van der Waals surface area contributed by atoms with Gasteiger partial charge in [0, 0.05) is 30.5 Å². The lowest BCUT2D eigenvalue weighted by atomic mass is 9.90. The molecule has 1 aliphatic heterocycles. The zero-order chi connectivity index (χ0) is 20.3. The predicted octanol–water partition coefficient (Wildman–Crippen LogP) is 3.61. The number of para-hydroxylation sites is 1. The monoisotopic (exact) mass is 402 g/mol. The van der Waals surface area contributed by atoms with Crippen molar-refractivity contribution in [2.24, 2.45) is 0 Å². The smallest absolute Gasteiger partial charge is 0.253 e. The second-order valence-electron chi connectivity index (χ2n) is 8.15. The molecular weight excluding hydrogens is 376 g/mol. The van der Waals surface area contributed by atoms with Crippen LogP contribution in [0.4, 0.5) is 5.69 Å². The van der Waals surface area contributed by atoms with E-state index < -0.39 is 0 Å². The first-order chi connectivity index (χ1) is 14.8. The molecule has 0 spiro atoms. The summed E-state index contributed by atoms with van der Waals surface area (Å²) in [5.41, 5.74) is 4.93. The van der Waals surface area contributed by atoms with Gasteiger partial charge in [0.05, 0.1) is 29.2 Å². The van der Waals surface area contributed by atoms with Gasteiger partial charge in [-0.3, -0.25) is 9.48 Å². The fourth-order valence-electron chi connectivity index (χ4n) is 4.58. The average molecular weight is 403 g/mol. The van der Waals surface area contributed by atoms with Crippen LogP contribution in [0.1, 0.15) is 54.1 Å². The third-order valence-corrected chi connectivity index (χ3v) is 6.21. The molecule has 3 heterocycles. The largest absolute Gasteiger partial charge is 0.384 e. The summed E-state index contributed by atoms with van der Waals surface area (Å²) < 4.78 is 2.05. The standard InChI is InChI=1S/C23H26N6O/c30-23(20-5-1-3-16-4-2-11-25-22(16)20)28-18-6-8-19(9-7-18)29-14-17(13-27-29)21-10-12-24-15-26-21/h1,3,5,10,12-15,18-19,25H,2,4,6-9,11H2,(H,28,30). The number of nitrogens with one attached hydrogen (secondary N) is 2. The molecule has 3 aromatic rings. The van der Waals surface area contributed by atoms with Gasteiger partial charge in [-0.25, -0.2) is 9.97 Å².